The van der Waals surface area contributed by atoms with Gasteiger partial charge in [-0.15, -0.1) is 0 Å². The molecule has 1 unspecified atom stereocenters. The number of hydrogen-bond acceptors (Lipinski definition) is 4. The molecule has 0 spiro atoms. The second-order valence-corrected chi connectivity index (χ2v) is 4.52. The van der Waals surface area contributed by atoms with Crippen molar-refractivity contribution in [3.05, 3.63) is 42.3 Å². The minimum Gasteiger partial charge on any atom is -0.444 e. The summed E-state index contributed by atoms with van der Waals surface area (Å²) in [6.45, 7) is 2.10. The molecule has 0 aliphatic carbocycles. The van der Waals surface area contributed by atoms with Gasteiger partial charge in [0.2, 0.25) is 11.8 Å². The quantitative estimate of drug-likeness (QED) is 0.902. The highest BCUT2D eigenvalue weighted by Crippen LogP contribution is 2.17. The smallest absolute Gasteiger partial charge is 0.226 e. The molecule has 5 heteroatoms. The Bertz CT molecular complexity index is 614. The van der Waals surface area contributed by atoms with E-state index in [2.05, 4.69) is 16.4 Å². The summed E-state index contributed by atoms with van der Waals surface area (Å²) < 4.78 is 5.35. The van der Waals surface area contributed by atoms with E-state index in [1.807, 2.05) is 30.3 Å². The van der Waals surface area contributed by atoms with Crippen LogP contribution in [0.25, 0.3) is 11.5 Å². The summed E-state index contributed by atoms with van der Waals surface area (Å²) in [4.78, 5) is 16.0. The van der Waals surface area contributed by atoms with Crippen molar-refractivity contribution in [2.45, 2.75) is 13.3 Å². The maximum absolute atomic E-state index is 11.7. The van der Waals surface area contributed by atoms with E-state index in [1.165, 1.54) is 6.26 Å². The highest BCUT2D eigenvalue weighted by atomic mass is 16.3. The van der Waals surface area contributed by atoms with Gasteiger partial charge in [0.15, 0.2) is 0 Å². The molecule has 2 aromatic rings. The first kappa shape index (κ1) is 13.8. The Hall–Kier alpha value is -2.61. The van der Waals surface area contributed by atoms with Gasteiger partial charge in [0.05, 0.1) is 24.1 Å². The summed E-state index contributed by atoms with van der Waals surface area (Å²) in [5.74, 6) is 0.134. The van der Waals surface area contributed by atoms with Crippen LogP contribution in [0.4, 0.5) is 0 Å². The maximum Gasteiger partial charge on any atom is 0.226 e. The van der Waals surface area contributed by atoms with Crippen molar-refractivity contribution in [1.82, 2.24) is 10.3 Å². The SMILES string of the molecule is CC(C#N)CNC(=O)Cc1coc(-c2ccccc2)n1. The van der Waals surface area contributed by atoms with Crippen LogP contribution in [-0.2, 0) is 11.2 Å². The minimum atomic E-state index is -0.198. The number of carbonyl (C=O) groups is 1. The molecule has 20 heavy (non-hydrogen) atoms. The second kappa shape index (κ2) is 6.53. The molecule has 0 aliphatic rings. The Morgan fingerprint density at radius 2 is 2.20 bits per heavy atom. The molecule has 1 heterocycles. The number of carbonyl (C=O) groups excluding carboxylic acids is 1. The van der Waals surface area contributed by atoms with Crippen LogP contribution in [0.5, 0.6) is 0 Å². The number of nitrogens with one attached hydrogen (secondary N) is 1. The van der Waals surface area contributed by atoms with Gasteiger partial charge in [-0.1, -0.05) is 18.2 Å². The summed E-state index contributed by atoms with van der Waals surface area (Å²) in [7, 11) is 0. The first-order valence-corrected chi connectivity index (χ1v) is 6.35. The number of benzene rings is 1. The predicted molar refractivity (Wildman–Crippen MR) is 73.4 cm³/mol. The lowest BCUT2D eigenvalue weighted by molar-refractivity contribution is -0.120. The lowest BCUT2D eigenvalue weighted by atomic mass is 10.2. The Morgan fingerprint density at radius 1 is 1.45 bits per heavy atom. The number of oxazole rings is 1. The van der Waals surface area contributed by atoms with Crippen LogP contribution in [0.1, 0.15) is 12.6 Å². The molecule has 0 bridgehead atoms. The first-order valence-electron chi connectivity index (χ1n) is 6.35. The third-order valence-electron chi connectivity index (χ3n) is 2.74. The first-order chi connectivity index (χ1) is 9.69. The van der Waals surface area contributed by atoms with Crippen LogP contribution < -0.4 is 5.32 Å². The normalized spacial score (nSPS) is 11.6. The van der Waals surface area contributed by atoms with Crippen molar-refractivity contribution in [1.29, 1.82) is 5.26 Å². The molecule has 1 aromatic heterocycles. The van der Waals surface area contributed by atoms with Crippen molar-refractivity contribution in [2.24, 2.45) is 5.92 Å². The third-order valence-corrected chi connectivity index (χ3v) is 2.74. The predicted octanol–water partition coefficient (Wildman–Crippen LogP) is 2.16. The summed E-state index contributed by atoms with van der Waals surface area (Å²) >= 11 is 0. The van der Waals surface area contributed by atoms with Crippen molar-refractivity contribution in [3.63, 3.8) is 0 Å². The molecule has 1 atom stereocenters. The van der Waals surface area contributed by atoms with E-state index < -0.39 is 0 Å². The Morgan fingerprint density at radius 3 is 2.90 bits per heavy atom. The van der Waals surface area contributed by atoms with Crippen LogP contribution in [0, 0.1) is 17.2 Å². The van der Waals surface area contributed by atoms with Gasteiger partial charge in [-0.05, 0) is 19.1 Å². The molecule has 0 saturated heterocycles. The molecule has 0 saturated carbocycles. The van der Waals surface area contributed by atoms with E-state index in [-0.39, 0.29) is 18.2 Å². The molecule has 102 valence electrons. The second-order valence-electron chi connectivity index (χ2n) is 4.52. The van der Waals surface area contributed by atoms with Crippen molar-refractivity contribution in [2.75, 3.05) is 6.54 Å². The summed E-state index contributed by atoms with van der Waals surface area (Å²) in [6, 6.07) is 11.6. The molecule has 0 aliphatic heterocycles. The van der Waals surface area contributed by atoms with Gasteiger partial charge in [0, 0.05) is 12.1 Å². The van der Waals surface area contributed by atoms with Gasteiger partial charge in [-0.2, -0.15) is 5.26 Å². The van der Waals surface area contributed by atoms with Gasteiger partial charge in [0.1, 0.15) is 6.26 Å². The van der Waals surface area contributed by atoms with Crippen LogP contribution in [0.3, 0.4) is 0 Å². The zero-order valence-electron chi connectivity index (χ0n) is 11.2. The lowest BCUT2D eigenvalue weighted by Crippen LogP contribution is -2.29. The van der Waals surface area contributed by atoms with E-state index in [1.54, 1.807) is 6.92 Å². The van der Waals surface area contributed by atoms with Gasteiger partial charge < -0.3 is 9.73 Å². The third kappa shape index (κ3) is 3.69. The van der Waals surface area contributed by atoms with Gasteiger partial charge >= 0.3 is 0 Å². The average molecular weight is 269 g/mol. The fraction of sp³-hybridized carbons (Fsp3) is 0.267. The topological polar surface area (TPSA) is 78.9 Å². The van der Waals surface area contributed by atoms with Crippen molar-refractivity contribution < 1.29 is 9.21 Å². The number of nitrogens with zero attached hydrogens (tertiary/aromatic N) is 2. The number of nitriles is 1. The summed E-state index contributed by atoms with van der Waals surface area (Å²) in [5.41, 5.74) is 1.45. The molecule has 1 N–H and O–H groups in total. The van der Waals surface area contributed by atoms with Crippen LogP contribution in [0.2, 0.25) is 0 Å². The molecular formula is C15H15N3O2. The number of hydrogen-bond donors (Lipinski definition) is 1. The molecule has 0 radical (unpaired) electrons. The lowest BCUT2D eigenvalue weighted by Gasteiger charge is -2.04. The summed E-state index contributed by atoms with van der Waals surface area (Å²) in [6.07, 6.45) is 1.63. The van der Waals surface area contributed by atoms with Crippen LogP contribution >= 0.6 is 0 Å². The highest BCUT2D eigenvalue weighted by molar-refractivity contribution is 5.78. The van der Waals surface area contributed by atoms with Crippen molar-refractivity contribution in [3.8, 4) is 17.5 Å². The monoisotopic (exact) mass is 269 g/mol. The van der Waals surface area contributed by atoms with E-state index >= 15 is 0 Å². The Kier molecular flexibility index (Phi) is 4.51. The zero-order valence-corrected chi connectivity index (χ0v) is 11.2. The fourth-order valence-corrected chi connectivity index (χ4v) is 1.64. The number of amides is 1. The minimum absolute atomic E-state index is 0.147. The Balaban J connectivity index is 1.93. The molecular weight excluding hydrogens is 254 g/mol. The van der Waals surface area contributed by atoms with Crippen LogP contribution in [-0.4, -0.2) is 17.4 Å². The highest BCUT2D eigenvalue weighted by Gasteiger charge is 2.10. The average Bonchev–Trinajstić information content (AvgIpc) is 2.94. The number of rotatable bonds is 5. The number of aromatic nitrogens is 1. The van der Waals surface area contributed by atoms with E-state index in [4.69, 9.17) is 9.68 Å². The van der Waals surface area contributed by atoms with E-state index in [0.29, 0.717) is 18.1 Å². The van der Waals surface area contributed by atoms with Gasteiger partial charge in [-0.3, -0.25) is 4.79 Å². The largest absolute Gasteiger partial charge is 0.444 e. The molecule has 1 aromatic carbocycles. The zero-order chi connectivity index (χ0) is 14.4. The van der Waals surface area contributed by atoms with E-state index in [9.17, 15) is 4.79 Å². The Labute approximate surface area is 117 Å². The van der Waals surface area contributed by atoms with Crippen molar-refractivity contribution >= 4 is 5.91 Å². The summed E-state index contributed by atoms with van der Waals surface area (Å²) in [5, 5.41) is 11.3. The molecule has 2 rings (SSSR count). The fourth-order valence-electron chi connectivity index (χ4n) is 1.64. The molecule has 1 amide bonds. The molecule has 5 nitrogen and oxygen atoms in total. The van der Waals surface area contributed by atoms with Crippen LogP contribution in [0.15, 0.2) is 41.0 Å². The maximum atomic E-state index is 11.7. The standard InChI is InChI=1S/C15H15N3O2/c1-11(8-16)9-17-14(19)7-13-10-20-15(18-13)12-5-3-2-4-6-12/h2-6,10-11H,7,9H2,1H3,(H,17,19). The van der Waals surface area contributed by atoms with Gasteiger partial charge in [-0.25, -0.2) is 4.98 Å². The van der Waals surface area contributed by atoms with E-state index in [0.717, 1.165) is 5.56 Å². The molecule has 0 fully saturated rings. The van der Waals surface area contributed by atoms with Gasteiger partial charge in [0.25, 0.3) is 0 Å².